The van der Waals surface area contributed by atoms with Crippen LogP contribution in [-0.2, 0) is 6.42 Å². The van der Waals surface area contributed by atoms with E-state index in [0.29, 0.717) is 0 Å². The molecule has 3 aromatic rings. The van der Waals surface area contributed by atoms with Crippen molar-refractivity contribution in [1.82, 2.24) is 0 Å². The Balaban J connectivity index is 2.00. The fourth-order valence-electron chi connectivity index (χ4n) is 2.63. The SMILES string of the molecule is COc1ccc(Cc2ccc(C)c3ccccc23)cc1. The molecule has 0 N–H and O–H groups in total. The molecule has 3 aromatic carbocycles. The van der Waals surface area contributed by atoms with E-state index in [-0.39, 0.29) is 0 Å². The number of methoxy groups -OCH3 is 1. The molecule has 0 unspecified atom stereocenters. The van der Waals surface area contributed by atoms with Gasteiger partial charge in [-0.15, -0.1) is 0 Å². The van der Waals surface area contributed by atoms with Gasteiger partial charge in [0.1, 0.15) is 5.75 Å². The summed E-state index contributed by atoms with van der Waals surface area (Å²) in [4.78, 5) is 0. The van der Waals surface area contributed by atoms with Crippen LogP contribution in [0, 0.1) is 6.92 Å². The lowest BCUT2D eigenvalue weighted by Crippen LogP contribution is -1.92. The van der Waals surface area contributed by atoms with Gasteiger partial charge in [0, 0.05) is 0 Å². The largest absolute Gasteiger partial charge is 0.497 e. The minimum atomic E-state index is 0.905. The fourth-order valence-corrected chi connectivity index (χ4v) is 2.63. The Labute approximate surface area is 119 Å². The average Bonchev–Trinajstić information content (AvgIpc) is 2.51. The predicted octanol–water partition coefficient (Wildman–Crippen LogP) is 4.75. The first kappa shape index (κ1) is 12.7. The molecule has 0 saturated carbocycles. The van der Waals surface area contributed by atoms with Gasteiger partial charge >= 0.3 is 0 Å². The van der Waals surface area contributed by atoms with Crippen LogP contribution in [0.3, 0.4) is 0 Å². The number of aryl methyl sites for hydroxylation is 1. The van der Waals surface area contributed by atoms with Crippen molar-refractivity contribution in [3.8, 4) is 5.75 Å². The van der Waals surface area contributed by atoms with Crippen molar-refractivity contribution in [2.45, 2.75) is 13.3 Å². The van der Waals surface area contributed by atoms with E-state index < -0.39 is 0 Å². The minimum Gasteiger partial charge on any atom is -0.497 e. The van der Waals surface area contributed by atoms with Crippen molar-refractivity contribution in [2.75, 3.05) is 7.11 Å². The predicted molar refractivity (Wildman–Crippen MR) is 84.5 cm³/mol. The summed E-state index contributed by atoms with van der Waals surface area (Å²) in [5.74, 6) is 0.905. The molecular formula is C19H18O. The van der Waals surface area contributed by atoms with Crippen molar-refractivity contribution in [3.05, 3.63) is 77.4 Å². The third kappa shape index (κ3) is 2.39. The fraction of sp³-hybridized carbons (Fsp3) is 0.158. The summed E-state index contributed by atoms with van der Waals surface area (Å²) in [5, 5.41) is 2.70. The number of rotatable bonds is 3. The van der Waals surface area contributed by atoms with Crippen molar-refractivity contribution >= 4 is 10.8 Å². The van der Waals surface area contributed by atoms with E-state index in [4.69, 9.17) is 4.74 Å². The van der Waals surface area contributed by atoms with Gasteiger partial charge in [0.05, 0.1) is 7.11 Å². The monoisotopic (exact) mass is 262 g/mol. The summed E-state index contributed by atoms with van der Waals surface area (Å²) in [6.45, 7) is 2.17. The van der Waals surface area contributed by atoms with E-state index in [9.17, 15) is 0 Å². The summed E-state index contributed by atoms with van der Waals surface area (Å²) in [6, 6.07) is 21.4. The zero-order valence-corrected chi connectivity index (χ0v) is 11.9. The third-order valence-electron chi connectivity index (χ3n) is 3.79. The molecule has 20 heavy (non-hydrogen) atoms. The number of benzene rings is 3. The highest BCUT2D eigenvalue weighted by atomic mass is 16.5. The maximum Gasteiger partial charge on any atom is 0.118 e. The van der Waals surface area contributed by atoms with Crippen LogP contribution in [0.4, 0.5) is 0 Å². The lowest BCUT2D eigenvalue weighted by molar-refractivity contribution is 0.414. The third-order valence-corrected chi connectivity index (χ3v) is 3.79. The van der Waals surface area contributed by atoms with Crippen LogP contribution in [0.25, 0.3) is 10.8 Å². The van der Waals surface area contributed by atoms with Crippen molar-refractivity contribution < 1.29 is 4.74 Å². The summed E-state index contributed by atoms with van der Waals surface area (Å²) in [7, 11) is 1.70. The quantitative estimate of drug-likeness (QED) is 0.662. The van der Waals surface area contributed by atoms with Gasteiger partial charge in [0.25, 0.3) is 0 Å². The molecule has 0 aliphatic carbocycles. The topological polar surface area (TPSA) is 9.23 Å². The zero-order chi connectivity index (χ0) is 13.9. The van der Waals surface area contributed by atoms with Crippen molar-refractivity contribution in [2.24, 2.45) is 0 Å². The summed E-state index contributed by atoms with van der Waals surface area (Å²) >= 11 is 0. The summed E-state index contributed by atoms with van der Waals surface area (Å²) in [5.41, 5.74) is 4.01. The second-order valence-electron chi connectivity index (χ2n) is 5.11. The van der Waals surface area contributed by atoms with Crippen LogP contribution >= 0.6 is 0 Å². The van der Waals surface area contributed by atoms with Gasteiger partial charge in [-0.2, -0.15) is 0 Å². The Morgan fingerprint density at radius 2 is 1.50 bits per heavy atom. The minimum absolute atomic E-state index is 0.905. The molecule has 0 spiro atoms. The molecule has 1 heteroatoms. The van der Waals surface area contributed by atoms with Gasteiger partial charge in [-0.25, -0.2) is 0 Å². The highest BCUT2D eigenvalue weighted by Gasteiger charge is 2.04. The van der Waals surface area contributed by atoms with Gasteiger partial charge in [-0.1, -0.05) is 48.5 Å². The Morgan fingerprint density at radius 3 is 2.20 bits per heavy atom. The molecular weight excluding hydrogens is 244 g/mol. The highest BCUT2D eigenvalue weighted by Crippen LogP contribution is 2.25. The lowest BCUT2D eigenvalue weighted by Gasteiger charge is -2.09. The maximum atomic E-state index is 5.21. The smallest absolute Gasteiger partial charge is 0.118 e. The Bertz CT molecular complexity index is 726. The lowest BCUT2D eigenvalue weighted by atomic mass is 9.96. The van der Waals surface area contributed by atoms with Crippen molar-refractivity contribution in [3.63, 3.8) is 0 Å². The number of hydrogen-bond donors (Lipinski definition) is 0. The average molecular weight is 262 g/mol. The first-order chi connectivity index (χ1) is 9.78. The van der Waals surface area contributed by atoms with Gasteiger partial charge in [-0.3, -0.25) is 0 Å². The molecule has 0 aromatic heterocycles. The van der Waals surface area contributed by atoms with Crippen LogP contribution in [0.15, 0.2) is 60.7 Å². The van der Waals surface area contributed by atoms with E-state index in [1.807, 2.05) is 12.1 Å². The highest BCUT2D eigenvalue weighted by molar-refractivity contribution is 5.88. The first-order valence-corrected chi connectivity index (χ1v) is 6.88. The molecule has 0 heterocycles. The molecule has 0 aliphatic heterocycles. The molecule has 0 atom stereocenters. The van der Waals surface area contributed by atoms with Crippen LogP contribution in [0.2, 0.25) is 0 Å². The van der Waals surface area contributed by atoms with E-state index >= 15 is 0 Å². The van der Waals surface area contributed by atoms with E-state index in [2.05, 4.69) is 55.5 Å². The maximum absolute atomic E-state index is 5.21. The van der Waals surface area contributed by atoms with E-state index in [1.54, 1.807) is 7.11 Å². The molecule has 0 amide bonds. The van der Waals surface area contributed by atoms with Crippen LogP contribution in [-0.4, -0.2) is 7.11 Å². The van der Waals surface area contributed by atoms with Gasteiger partial charge < -0.3 is 4.74 Å². The molecule has 0 saturated heterocycles. The summed E-state index contributed by atoms with van der Waals surface area (Å²) in [6.07, 6.45) is 0.949. The summed E-state index contributed by atoms with van der Waals surface area (Å²) < 4.78 is 5.21. The van der Waals surface area contributed by atoms with Crippen molar-refractivity contribution in [1.29, 1.82) is 0 Å². The number of fused-ring (bicyclic) bond motifs is 1. The number of hydrogen-bond acceptors (Lipinski definition) is 1. The molecule has 0 bridgehead atoms. The zero-order valence-electron chi connectivity index (χ0n) is 11.9. The molecule has 0 fully saturated rings. The standard InChI is InChI=1S/C19H18O/c1-14-7-10-16(19-6-4-3-5-18(14)19)13-15-8-11-17(20-2)12-9-15/h3-12H,13H2,1-2H3. The molecule has 100 valence electrons. The Kier molecular flexibility index (Phi) is 3.42. The molecule has 1 nitrogen and oxygen atoms in total. The molecule has 3 rings (SSSR count). The van der Waals surface area contributed by atoms with Gasteiger partial charge in [0.2, 0.25) is 0 Å². The van der Waals surface area contributed by atoms with Crippen LogP contribution in [0.1, 0.15) is 16.7 Å². The first-order valence-electron chi connectivity index (χ1n) is 6.88. The molecule has 0 radical (unpaired) electrons. The second kappa shape index (κ2) is 5.38. The van der Waals surface area contributed by atoms with E-state index in [0.717, 1.165) is 12.2 Å². The van der Waals surface area contributed by atoms with Gasteiger partial charge in [0.15, 0.2) is 0 Å². The Morgan fingerprint density at radius 1 is 0.800 bits per heavy atom. The van der Waals surface area contributed by atoms with Crippen LogP contribution < -0.4 is 4.74 Å². The normalized spacial score (nSPS) is 10.7. The van der Waals surface area contributed by atoms with E-state index in [1.165, 1.54) is 27.5 Å². The van der Waals surface area contributed by atoms with Crippen LogP contribution in [0.5, 0.6) is 5.75 Å². The number of ether oxygens (including phenoxy) is 1. The Hall–Kier alpha value is -2.28. The second-order valence-corrected chi connectivity index (χ2v) is 5.11. The molecule has 0 aliphatic rings. The van der Waals surface area contributed by atoms with Gasteiger partial charge in [-0.05, 0) is 52.9 Å².